The number of carbonyl (C=O) groups excluding carboxylic acids is 1. The number of fused-ring (bicyclic) bond motifs is 1. The van der Waals surface area contributed by atoms with Crippen LogP contribution in [0, 0.1) is 5.92 Å². The summed E-state index contributed by atoms with van der Waals surface area (Å²) in [4.78, 5) is 34.1. The molecule has 1 saturated carbocycles. The monoisotopic (exact) mass is 443 g/mol. The summed E-state index contributed by atoms with van der Waals surface area (Å²) in [5.74, 6) is -0.335. The zero-order chi connectivity index (χ0) is 22.0. The zero-order valence-electron chi connectivity index (χ0n) is 17.4. The van der Waals surface area contributed by atoms with E-state index in [4.69, 9.17) is 11.6 Å². The highest BCUT2D eigenvalue weighted by Gasteiger charge is 2.31. The van der Waals surface area contributed by atoms with E-state index in [1.165, 1.54) is 6.20 Å². The molecule has 2 heterocycles. The summed E-state index contributed by atoms with van der Waals surface area (Å²) < 4.78 is 0. The van der Waals surface area contributed by atoms with E-state index < -0.39 is 11.9 Å². The normalized spacial score (nSPS) is 21.2. The highest BCUT2D eigenvalue weighted by Crippen LogP contribution is 2.32. The molecular formula is C22H26ClN5O3. The van der Waals surface area contributed by atoms with Crippen LogP contribution in [0.2, 0.25) is 5.02 Å². The number of carboxylic acid groups (broad SMARTS) is 1. The second-order valence-electron chi connectivity index (χ2n) is 8.14. The first-order valence-electron chi connectivity index (χ1n) is 10.6. The van der Waals surface area contributed by atoms with Gasteiger partial charge in [0.2, 0.25) is 11.9 Å². The first-order chi connectivity index (χ1) is 14.9. The second kappa shape index (κ2) is 9.09. The van der Waals surface area contributed by atoms with Gasteiger partial charge < -0.3 is 20.6 Å². The van der Waals surface area contributed by atoms with Crippen molar-refractivity contribution >= 4 is 46.6 Å². The van der Waals surface area contributed by atoms with Crippen LogP contribution in [0.1, 0.15) is 44.1 Å². The number of aromatic nitrogens is 2. The molecule has 8 nitrogen and oxygen atoms in total. The third-order valence-electron chi connectivity index (χ3n) is 6.06. The first-order valence-corrected chi connectivity index (χ1v) is 11.0. The largest absolute Gasteiger partial charge is 0.481 e. The number of rotatable bonds is 5. The van der Waals surface area contributed by atoms with Gasteiger partial charge in [-0.1, -0.05) is 24.4 Å². The van der Waals surface area contributed by atoms with E-state index in [1.54, 1.807) is 11.9 Å². The second-order valence-corrected chi connectivity index (χ2v) is 8.55. The molecule has 2 aromatic rings. The summed E-state index contributed by atoms with van der Waals surface area (Å²) in [6, 6.07) is 5.61. The Morgan fingerprint density at radius 3 is 2.84 bits per heavy atom. The van der Waals surface area contributed by atoms with Gasteiger partial charge in [-0.05, 0) is 49.4 Å². The number of hydrogen-bond acceptors (Lipinski definition) is 6. The van der Waals surface area contributed by atoms with Crippen molar-refractivity contribution in [2.24, 2.45) is 5.92 Å². The van der Waals surface area contributed by atoms with E-state index in [1.807, 2.05) is 18.2 Å². The van der Waals surface area contributed by atoms with Gasteiger partial charge >= 0.3 is 5.97 Å². The topological polar surface area (TPSA) is 107 Å². The van der Waals surface area contributed by atoms with Gasteiger partial charge in [0.15, 0.2) is 5.82 Å². The molecular weight excluding hydrogens is 418 g/mol. The number of amides is 1. The number of aryl methyl sites for hydroxylation is 1. The Hall–Kier alpha value is -2.87. The Bertz CT molecular complexity index is 999. The van der Waals surface area contributed by atoms with Gasteiger partial charge in [0, 0.05) is 30.9 Å². The fourth-order valence-corrected chi connectivity index (χ4v) is 4.50. The Morgan fingerprint density at radius 1 is 1.23 bits per heavy atom. The third kappa shape index (κ3) is 4.74. The molecule has 0 bridgehead atoms. The predicted molar refractivity (Wildman–Crippen MR) is 120 cm³/mol. The minimum atomic E-state index is -0.797. The maximum Gasteiger partial charge on any atom is 0.308 e. The van der Waals surface area contributed by atoms with Gasteiger partial charge in [0.1, 0.15) is 5.02 Å². The van der Waals surface area contributed by atoms with Gasteiger partial charge in [0.25, 0.3) is 0 Å². The van der Waals surface area contributed by atoms with Gasteiger partial charge in [-0.25, -0.2) is 4.98 Å². The van der Waals surface area contributed by atoms with Crippen LogP contribution in [-0.4, -0.2) is 40.0 Å². The van der Waals surface area contributed by atoms with Crippen LogP contribution in [0.3, 0.4) is 0 Å². The van der Waals surface area contributed by atoms with Gasteiger partial charge in [-0.3, -0.25) is 9.59 Å². The van der Waals surface area contributed by atoms with Gasteiger partial charge in [-0.2, -0.15) is 4.98 Å². The number of aliphatic carboxylic acids is 1. The molecule has 1 aromatic heterocycles. The lowest BCUT2D eigenvalue weighted by Gasteiger charge is -2.29. The van der Waals surface area contributed by atoms with Crippen LogP contribution in [0.25, 0.3) is 0 Å². The minimum Gasteiger partial charge on any atom is -0.481 e. The molecule has 3 N–H and O–H groups in total. The van der Waals surface area contributed by atoms with Crippen molar-refractivity contribution in [3.8, 4) is 0 Å². The number of nitrogens with zero attached hydrogens (tertiary/aromatic N) is 3. The maximum absolute atomic E-state index is 12.1. The number of halogens is 1. The molecule has 0 unspecified atom stereocenters. The lowest BCUT2D eigenvalue weighted by molar-refractivity contribution is -0.143. The van der Waals surface area contributed by atoms with E-state index >= 15 is 0 Å². The van der Waals surface area contributed by atoms with Crippen molar-refractivity contribution in [1.82, 2.24) is 9.97 Å². The summed E-state index contributed by atoms with van der Waals surface area (Å²) >= 11 is 6.29. The fourth-order valence-electron chi connectivity index (χ4n) is 4.36. The predicted octanol–water partition coefficient (Wildman–Crippen LogP) is 4.23. The highest BCUT2D eigenvalue weighted by molar-refractivity contribution is 6.32. The first kappa shape index (κ1) is 21.4. The fraction of sp³-hybridized carbons (Fsp3) is 0.455. The van der Waals surface area contributed by atoms with Crippen molar-refractivity contribution < 1.29 is 14.7 Å². The van der Waals surface area contributed by atoms with Crippen molar-refractivity contribution in [1.29, 1.82) is 0 Å². The molecule has 1 aliphatic carbocycles. The molecule has 164 valence electrons. The number of carboxylic acids is 1. The Balaban J connectivity index is 1.53. The summed E-state index contributed by atoms with van der Waals surface area (Å²) in [5.41, 5.74) is 2.83. The molecule has 0 spiro atoms. The van der Waals surface area contributed by atoms with Crippen LogP contribution in [0.4, 0.5) is 23.1 Å². The van der Waals surface area contributed by atoms with Crippen LogP contribution in [0.5, 0.6) is 0 Å². The van der Waals surface area contributed by atoms with Crippen molar-refractivity contribution in [2.45, 2.75) is 51.0 Å². The molecule has 0 radical (unpaired) electrons. The van der Waals surface area contributed by atoms with Crippen LogP contribution in [-0.2, 0) is 16.0 Å². The summed E-state index contributed by atoms with van der Waals surface area (Å²) in [5, 5.41) is 16.3. The third-order valence-corrected chi connectivity index (χ3v) is 6.33. The van der Waals surface area contributed by atoms with Gasteiger partial charge in [-0.15, -0.1) is 0 Å². The lowest BCUT2D eigenvalue weighted by atomic mass is 9.84. The number of nitrogens with one attached hydrogen (secondary N) is 2. The van der Waals surface area contributed by atoms with E-state index in [0.29, 0.717) is 29.6 Å². The standard InChI is InChI=1S/C22H26ClN5O3/c1-28-18-10-9-14(11-13(18)5-4-8-19(28)29)25-22-24-12-16(23)20(27-22)26-17-7-3-2-6-15(17)21(30)31/h9-12,15,17H,2-8H2,1H3,(H,30,31)(H2,24,25,26,27)/t15-,17-/m1/s1. The van der Waals surface area contributed by atoms with Crippen molar-refractivity contribution in [3.05, 3.63) is 35.0 Å². The lowest BCUT2D eigenvalue weighted by Crippen LogP contribution is -2.37. The Labute approximate surface area is 186 Å². The molecule has 9 heteroatoms. The molecule has 0 saturated heterocycles. The molecule has 1 aromatic carbocycles. The SMILES string of the molecule is CN1C(=O)CCCc2cc(Nc3ncc(Cl)c(N[C@@H]4CCCC[C@H]4C(=O)O)n3)ccc21. The maximum atomic E-state index is 12.1. The quantitative estimate of drug-likeness (QED) is 0.634. The number of anilines is 4. The Morgan fingerprint density at radius 2 is 2.03 bits per heavy atom. The average Bonchev–Trinajstić information content (AvgIpc) is 2.89. The van der Waals surface area contributed by atoms with Crippen molar-refractivity contribution in [3.63, 3.8) is 0 Å². The zero-order valence-corrected chi connectivity index (χ0v) is 18.2. The van der Waals surface area contributed by atoms with Gasteiger partial charge in [0.05, 0.1) is 12.1 Å². The number of hydrogen-bond donors (Lipinski definition) is 3. The molecule has 1 amide bonds. The van der Waals surface area contributed by atoms with Crippen LogP contribution in [0.15, 0.2) is 24.4 Å². The number of carbonyl (C=O) groups is 2. The molecule has 2 atom stereocenters. The summed E-state index contributed by atoms with van der Waals surface area (Å²) in [7, 11) is 1.80. The minimum absolute atomic E-state index is 0.124. The van der Waals surface area contributed by atoms with Crippen LogP contribution >= 0.6 is 11.6 Å². The summed E-state index contributed by atoms with van der Waals surface area (Å²) in [6.07, 6.45) is 6.99. The Kier molecular flexibility index (Phi) is 6.27. The van der Waals surface area contributed by atoms with E-state index in [0.717, 1.165) is 49.0 Å². The van der Waals surface area contributed by atoms with E-state index in [2.05, 4.69) is 20.6 Å². The van der Waals surface area contributed by atoms with E-state index in [9.17, 15) is 14.7 Å². The molecule has 1 aliphatic heterocycles. The molecule has 31 heavy (non-hydrogen) atoms. The van der Waals surface area contributed by atoms with Crippen molar-refractivity contribution in [2.75, 3.05) is 22.6 Å². The van der Waals surface area contributed by atoms with Crippen LogP contribution < -0.4 is 15.5 Å². The number of benzene rings is 1. The highest BCUT2D eigenvalue weighted by atomic mass is 35.5. The van der Waals surface area contributed by atoms with E-state index in [-0.39, 0.29) is 11.9 Å². The smallest absolute Gasteiger partial charge is 0.308 e. The molecule has 1 fully saturated rings. The summed E-state index contributed by atoms with van der Waals surface area (Å²) in [6.45, 7) is 0. The molecule has 4 rings (SSSR count). The average molecular weight is 444 g/mol. The molecule has 2 aliphatic rings.